The van der Waals surface area contributed by atoms with Crippen LogP contribution in [0.4, 0.5) is 11.6 Å². The third-order valence-electron chi connectivity index (χ3n) is 9.30. The maximum atomic E-state index is 13.8. The van der Waals surface area contributed by atoms with Gasteiger partial charge in [0.2, 0.25) is 0 Å². The number of nitrogens with one attached hydrogen (secondary N) is 1. The number of aliphatic hydroxyl groups excluding tert-OH is 2. The predicted octanol–water partition coefficient (Wildman–Crippen LogP) is 1.70. The van der Waals surface area contributed by atoms with Crippen molar-refractivity contribution >= 4 is 29.0 Å². The van der Waals surface area contributed by atoms with Crippen LogP contribution in [0.15, 0.2) is 35.5 Å². The number of hydrazine groups is 1. The first-order valence-electron chi connectivity index (χ1n) is 15.5. The normalized spacial score (nSPS) is 22.3. The molecule has 45 heavy (non-hydrogen) atoms. The SMILES string of the molecule is COCCN1CCn2nc(N=C3C=C(c4ccnc(N5CCn6c(cc7c6CC(C)(C)C7)C5=O)c4CO)NN(C)C3O)cc2C1. The Morgan fingerprint density at radius 3 is 2.82 bits per heavy atom. The molecule has 0 aromatic carbocycles. The number of fused-ring (bicyclic) bond motifs is 4. The number of rotatable bonds is 7. The summed E-state index contributed by atoms with van der Waals surface area (Å²) in [7, 11) is 3.43. The van der Waals surface area contributed by atoms with Gasteiger partial charge in [-0.05, 0) is 42.0 Å². The molecule has 13 heteroatoms. The molecule has 1 amide bonds. The lowest BCUT2D eigenvalue weighted by Crippen LogP contribution is -2.49. The number of aromatic nitrogens is 4. The number of aliphatic hydroxyl groups is 2. The molecule has 0 radical (unpaired) electrons. The number of ether oxygens (including phenoxy) is 1. The minimum Gasteiger partial charge on any atom is -0.392 e. The van der Waals surface area contributed by atoms with E-state index in [-0.39, 0.29) is 17.9 Å². The van der Waals surface area contributed by atoms with Crippen molar-refractivity contribution in [3.05, 3.63) is 64.2 Å². The van der Waals surface area contributed by atoms with Crippen molar-refractivity contribution in [1.82, 2.24) is 34.7 Å². The summed E-state index contributed by atoms with van der Waals surface area (Å²) in [5, 5.41) is 27.9. The van der Waals surface area contributed by atoms with Gasteiger partial charge in [0.05, 0.1) is 36.9 Å². The standard InChI is InChI=1S/C32H41N9O4/c1-32(2)16-20-13-26-31(44)40(9-8-39(26)27(20)17-32)29-23(19-42)22(5-6-33-29)24-15-25(30(43)37(3)35-24)34-28-14-21-18-38(11-12-45-4)7-10-41(21)36-28/h5-6,13-15,30,35,42-43H,7-12,16-19H2,1-4H3. The van der Waals surface area contributed by atoms with Gasteiger partial charge in [-0.2, -0.15) is 10.1 Å². The van der Waals surface area contributed by atoms with Gasteiger partial charge in [0, 0.05) is 76.0 Å². The quantitative estimate of drug-likeness (QED) is 0.363. The number of aliphatic imine (C=N–C) groups is 1. The zero-order valence-corrected chi connectivity index (χ0v) is 26.3. The van der Waals surface area contributed by atoms with Crippen molar-refractivity contribution in [3.63, 3.8) is 0 Å². The molecule has 1 unspecified atom stereocenters. The Kier molecular flexibility index (Phi) is 7.61. The van der Waals surface area contributed by atoms with Crippen LogP contribution in [0.5, 0.6) is 0 Å². The molecule has 0 bridgehead atoms. The molecular formula is C32H41N9O4. The van der Waals surface area contributed by atoms with E-state index in [1.807, 2.05) is 16.8 Å². The summed E-state index contributed by atoms with van der Waals surface area (Å²) < 4.78 is 9.36. The van der Waals surface area contributed by atoms with Gasteiger partial charge in [-0.25, -0.2) is 9.98 Å². The Bertz CT molecular complexity index is 1700. The third-order valence-corrected chi connectivity index (χ3v) is 9.30. The van der Waals surface area contributed by atoms with Crippen molar-refractivity contribution in [1.29, 1.82) is 0 Å². The zero-order valence-electron chi connectivity index (χ0n) is 26.3. The second-order valence-corrected chi connectivity index (χ2v) is 13.1. The molecule has 0 saturated carbocycles. The van der Waals surface area contributed by atoms with Crippen molar-refractivity contribution in [2.24, 2.45) is 10.4 Å². The fourth-order valence-corrected chi connectivity index (χ4v) is 7.07. The first-order chi connectivity index (χ1) is 21.7. The highest BCUT2D eigenvalue weighted by molar-refractivity contribution is 6.07. The Hall–Kier alpha value is -3.88. The summed E-state index contributed by atoms with van der Waals surface area (Å²) in [6.45, 7) is 9.27. The Morgan fingerprint density at radius 1 is 1.18 bits per heavy atom. The molecule has 3 aromatic rings. The highest BCUT2D eigenvalue weighted by Crippen LogP contribution is 2.40. The largest absolute Gasteiger partial charge is 0.392 e. The van der Waals surface area contributed by atoms with E-state index < -0.39 is 6.23 Å². The van der Waals surface area contributed by atoms with E-state index in [0.717, 1.165) is 44.7 Å². The molecular weight excluding hydrogens is 574 g/mol. The van der Waals surface area contributed by atoms with Gasteiger partial charge in [-0.3, -0.25) is 19.3 Å². The summed E-state index contributed by atoms with van der Waals surface area (Å²) in [4.78, 5) is 27.1. The van der Waals surface area contributed by atoms with E-state index in [4.69, 9.17) is 9.73 Å². The van der Waals surface area contributed by atoms with Crippen LogP contribution < -0.4 is 10.3 Å². The van der Waals surface area contributed by atoms with Gasteiger partial charge in [0.25, 0.3) is 5.91 Å². The van der Waals surface area contributed by atoms with E-state index in [1.54, 1.807) is 42.4 Å². The van der Waals surface area contributed by atoms with Crippen molar-refractivity contribution in [2.45, 2.75) is 59.2 Å². The van der Waals surface area contributed by atoms with Gasteiger partial charge in [-0.1, -0.05) is 13.8 Å². The second kappa shape index (κ2) is 11.5. The predicted molar refractivity (Wildman–Crippen MR) is 169 cm³/mol. The van der Waals surface area contributed by atoms with Crippen molar-refractivity contribution in [2.75, 3.05) is 45.3 Å². The molecule has 238 valence electrons. The number of nitrogens with zero attached hydrogens (tertiary/aromatic N) is 8. The maximum absolute atomic E-state index is 13.8. The molecule has 0 spiro atoms. The molecule has 3 aliphatic heterocycles. The van der Waals surface area contributed by atoms with Crippen LogP contribution in [-0.2, 0) is 43.8 Å². The zero-order chi connectivity index (χ0) is 31.5. The molecule has 3 N–H and O–H groups in total. The van der Waals surface area contributed by atoms with E-state index in [9.17, 15) is 15.0 Å². The van der Waals surface area contributed by atoms with Crippen LogP contribution in [0.1, 0.15) is 52.4 Å². The highest BCUT2D eigenvalue weighted by atomic mass is 16.5. The van der Waals surface area contributed by atoms with Crippen LogP contribution in [-0.4, -0.2) is 97.7 Å². The Balaban J connectivity index is 1.18. The molecule has 7 rings (SSSR count). The first kappa shape index (κ1) is 29.8. The lowest BCUT2D eigenvalue weighted by Gasteiger charge is -2.33. The van der Waals surface area contributed by atoms with E-state index >= 15 is 0 Å². The van der Waals surface area contributed by atoms with Gasteiger partial charge >= 0.3 is 0 Å². The first-order valence-corrected chi connectivity index (χ1v) is 15.5. The average molecular weight is 616 g/mol. The van der Waals surface area contributed by atoms with E-state index in [1.165, 1.54) is 11.3 Å². The molecule has 3 aromatic heterocycles. The van der Waals surface area contributed by atoms with Gasteiger partial charge < -0.3 is 24.9 Å². The number of hydrogen-bond donors (Lipinski definition) is 3. The number of anilines is 1. The lowest BCUT2D eigenvalue weighted by molar-refractivity contribution is 0.0533. The van der Waals surface area contributed by atoms with Gasteiger partial charge in [-0.15, -0.1) is 0 Å². The van der Waals surface area contributed by atoms with Crippen molar-refractivity contribution in [3.8, 4) is 0 Å². The number of pyridine rings is 1. The summed E-state index contributed by atoms with van der Waals surface area (Å²) >= 11 is 0. The highest BCUT2D eigenvalue weighted by Gasteiger charge is 2.38. The fraction of sp³-hybridized carbons (Fsp3) is 0.500. The van der Waals surface area contributed by atoms with Crippen LogP contribution in [0.2, 0.25) is 0 Å². The number of carbonyl (C=O) groups is 1. The van der Waals surface area contributed by atoms with Crippen LogP contribution in [0.25, 0.3) is 5.70 Å². The Labute approximate surface area is 262 Å². The smallest absolute Gasteiger partial charge is 0.276 e. The van der Waals surface area contributed by atoms with Gasteiger partial charge in [0.1, 0.15) is 11.5 Å². The topological polar surface area (TPSA) is 137 Å². The van der Waals surface area contributed by atoms with Crippen molar-refractivity contribution < 1.29 is 19.7 Å². The third kappa shape index (κ3) is 5.38. The number of carbonyl (C=O) groups excluding carboxylic acids is 1. The van der Waals surface area contributed by atoms with Gasteiger partial charge in [0.15, 0.2) is 12.0 Å². The molecule has 13 nitrogen and oxygen atoms in total. The summed E-state index contributed by atoms with van der Waals surface area (Å²) in [5.41, 5.74) is 9.89. The average Bonchev–Trinajstić information content (AvgIpc) is 3.67. The number of amides is 1. The van der Waals surface area contributed by atoms with Crippen LogP contribution in [0.3, 0.4) is 0 Å². The maximum Gasteiger partial charge on any atom is 0.276 e. The number of hydrogen-bond acceptors (Lipinski definition) is 10. The molecule has 0 saturated heterocycles. The molecule has 6 heterocycles. The monoisotopic (exact) mass is 615 g/mol. The molecule has 4 aliphatic rings. The fourth-order valence-electron chi connectivity index (χ4n) is 7.07. The van der Waals surface area contributed by atoms with Crippen LogP contribution >= 0.6 is 0 Å². The molecule has 0 fully saturated rings. The summed E-state index contributed by atoms with van der Waals surface area (Å²) in [6.07, 6.45) is 4.32. The lowest BCUT2D eigenvalue weighted by atomic mass is 9.90. The summed E-state index contributed by atoms with van der Waals surface area (Å²) in [5.74, 6) is 0.842. The van der Waals surface area contributed by atoms with E-state index in [2.05, 4.69) is 38.8 Å². The molecule has 1 aliphatic carbocycles. The molecule has 1 atom stereocenters. The summed E-state index contributed by atoms with van der Waals surface area (Å²) in [6, 6.07) is 5.79. The van der Waals surface area contributed by atoms with E-state index in [0.29, 0.717) is 59.6 Å². The minimum absolute atomic E-state index is 0.113. The van der Waals surface area contributed by atoms with Crippen LogP contribution in [0, 0.1) is 5.41 Å². The second-order valence-electron chi connectivity index (χ2n) is 13.1. The minimum atomic E-state index is -1.02. The Morgan fingerprint density at radius 2 is 2.02 bits per heavy atom. The number of methoxy groups -OCH3 is 1.